The lowest BCUT2D eigenvalue weighted by molar-refractivity contribution is -0.125. The summed E-state index contributed by atoms with van der Waals surface area (Å²) in [5.74, 6) is -1.45. The minimum absolute atomic E-state index is 0.0303. The monoisotopic (exact) mass is 400 g/mol. The van der Waals surface area contributed by atoms with Gasteiger partial charge in [-0.1, -0.05) is 12.1 Å². The summed E-state index contributed by atoms with van der Waals surface area (Å²) in [4.78, 5) is 37.5. The topological polar surface area (TPSA) is 90.5 Å². The number of hydrogen-bond donors (Lipinski definition) is 3. The van der Waals surface area contributed by atoms with Gasteiger partial charge in [-0.05, 0) is 62.4 Å². The summed E-state index contributed by atoms with van der Waals surface area (Å²) in [6.45, 7) is 3.66. The second kappa shape index (κ2) is 10.3. The van der Waals surface area contributed by atoms with Gasteiger partial charge in [-0.2, -0.15) is 0 Å². The van der Waals surface area contributed by atoms with Crippen molar-refractivity contribution < 1.29 is 18.8 Å². The number of carbonyl (C=O) groups excluding carboxylic acids is 3. The molecular formula is C21H25FN4O3. The number of carbonyl (C=O) groups is 3. The Morgan fingerprint density at radius 2 is 1.55 bits per heavy atom. The molecule has 0 heterocycles. The highest BCUT2D eigenvalue weighted by atomic mass is 19.1. The summed E-state index contributed by atoms with van der Waals surface area (Å²) in [7, 11) is 1.64. The molecule has 154 valence electrons. The average Bonchev–Trinajstić information content (AvgIpc) is 2.65. The van der Waals surface area contributed by atoms with Gasteiger partial charge in [0.2, 0.25) is 17.7 Å². The van der Waals surface area contributed by atoms with Crippen molar-refractivity contribution in [1.29, 1.82) is 0 Å². The van der Waals surface area contributed by atoms with Crippen LogP contribution in [0.1, 0.15) is 11.1 Å². The molecule has 3 amide bonds. The van der Waals surface area contributed by atoms with E-state index in [1.807, 2.05) is 32.0 Å². The molecule has 0 spiro atoms. The smallest absolute Gasteiger partial charge is 0.243 e. The number of amides is 3. The summed E-state index contributed by atoms with van der Waals surface area (Å²) in [5.41, 5.74) is 3.25. The summed E-state index contributed by atoms with van der Waals surface area (Å²) in [6, 6.07) is 11.0. The van der Waals surface area contributed by atoms with Gasteiger partial charge in [-0.3, -0.25) is 19.3 Å². The first-order valence-electron chi connectivity index (χ1n) is 9.11. The number of aryl methyl sites for hydroxylation is 1. The number of anilines is 2. The lowest BCUT2D eigenvalue weighted by Crippen LogP contribution is -2.41. The molecule has 0 aliphatic heterocycles. The molecule has 0 aliphatic carbocycles. The van der Waals surface area contributed by atoms with Crippen LogP contribution in [-0.2, 0) is 14.4 Å². The number of nitrogens with one attached hydrogen (secondary N) is 3. The molecule has 3 N–H and O–H groups in total. The van der Waals surface area contributed by atoms with E-state index in [0.29, 0.717) is 5.69 Å². The fraction of sp³-hybridized carbons (Fsp3) is 0.286. The Bertz CT molecular complexity index is 884. The Morgan fingerprint density at radius 3 is 2.24 bits per heavy atom. The van der Waals surface area contributed by atoms with Crippen LogP contribution in [-0.4, -0.2) is 49.3 Å². The van der Waals surface area contributed by atoms with Crippen LogP contribution < -0.4 is 16.0 Å². The molecule has 8 heteroatoms. The summed E-state index contributed by atoms with van der Waals surface area (Å²) in [6.07, 6.45) is 0. The van der Waals surface area contributed by atoms with Gasteiger partial charge in [0.1, 0.15) is 5.82 Å². The number of likely N-dealkylation sites (N-methyl/N-ethyl adjacent to an activating group) is 1. The van der Waals surface area contributed by atoms with Crippen LogP contribution >= 0.6 is 0 Å². The third-order valence-electron chi connectivity index (χ3n) is 4.28. The van der Waals surface area contributed by atoms with E-state index in [1.54, 1.807) is 11.9 Å². The first-order chi connectivity index (χ1) is 13.7. The van der Waals surface area contributed by atoms with Crippen LogP contribution in [0.2, 0.25) is 0 Å². The number of hydrogen-bond acceptors (Lipinski definition) is 4. The lowest BCUT2D eigenvalue weighted by atomic mass is 10.1. The van der Waals surface area contributed by atoms with Crippen LogP contribution in [0, 0.1) is 19.7 Å². The molecule has 0 aromatic heterocycles. The van der Waals surface area contributed by atoms with Crippen LogP contribution in [0.4, 0.5) is 15.8 Å². The predicted molar refractivity (Wildman–Crippen MR) is 110 cm³/mol. The standard InChI is InChI=1S/C21H25FN4O3/c1-14-5-4-6-18(15(14)2)25-21(29)13-26(3)12-20(28)23-11-19(27)24-17-9-7-16(22)8-10-17/h4-10H,11-13H2,1-3H3,(H,23,28)(H,24,27)(H,25,29). The van der Waals surface area contributed by atoms with E-state index < -0.39 is 11.7 Å². The van der Waals surface area contributed by atoms with E-state index in [2.05, 4.69) is 16.0 Å². The normalized spacial score (nSPS) is 10.5. The van der Waals surface area contributed by atoms with E-state index >= 15 is 0 Å². The molecule has 2 rings (SSSR count). The fourth-order valence-electron chi connectivity index (χ4n) is 2.60. The minimum atomic E-state index is -0.430. The molecule has 0 aliphatic rings. The van der Waals surface area contributed by atoms with Gasteiger partial charge in [-0.15, -0.1) is 0 Å². The second-order valence-corrected chi connectivity index (χ2v) is 6.80. The minimum Gasteiger partial charge on any atom is -0.346 e. The molecule has 0 fully saturated rings. The predicted octanol–water partition coefficient (Wildman–Crippen LogP) is 2.07. The van der Waals surface area contributed by atoms with E-state index in [0.717, 1.165) is 16.8 Å². The molecule has 2 aromatic rings. The Hall–Kier alpha value is -3.26. The van der Waals surface area contributed by atoms with Crippen molar-refractivity contribution in [3.8, 4) is 0 Å². The third-order valence-corrected chi connectivity index (χ3v) is 4.28. The van der Waals surface area contributed by atoms with Crippen molar-refractivity contribution in [2.75, 3.05) is 37.3 Å². The van der Waals surface area contributed by atoms with Crippen molar-refractivity contribution in [2.24, 2.45) is 0 Å². The van der Waals surface area contributed by atoms with Crippen LogP contribution in [0.3, 0.4) is 0 Å². The van der Waals surface area contributed by atoms with E-state index in [9.17, 15) is 18.8 Å². The van der Waals surface area contributed by atoms with E-state index in [4.69, 9.17) is 0 Å². The highest BCUT2D eigenvalue weighted by molar-refractivity contribution is 5.95. The van der Waals surface area contributed by atoms with Gasteiger partial charge >= 0.3 is 0 Å². The molecule has 0 atom stereocenters. The first-order valence-corrected chi connectivity index (χ1v) is 9.11. The molecule has 0 saturated heterocycles. The maximum atomic E-state index is 12.8. The maximum Gasteiger partial charge on any atom is 0.243 e. The first kappa shape index (κ1) is 22.0. The highest BCUT2D eigenvalue weighted by Gasteiger charge is 2.13. The van der Waals surface area contributed by atoms with E-state index in [1.165, 1.54) is 24.3 Å². The number of benzene rings is 2. The van der Waals surface area contributed by atoms with Gasteiger partial charge < -0.3 is 16.0 Å². The molecule has 0 unspecified atom stereocenters. The van der Waals surface area contributed by atoms with Crippen molar-refractivity contribution in [3.63, 3.8) is 0 Å². The van der Waals surface area contributed by atoms with Crippen LogP contribution in [0.15, 0.2) is 42.5 Å². The number of rotatable bonds is 8. The Kier molecular flexibility index (Phi) is 7.85. The largest absolute Gasteiger partial charge is 0.346 e. The second-order valence-electron chi connectivity index (χ2n) is 6.80. The summed E-state index contributed by atoms with van der Waals surface area (Å²) in [5, 5.41) is 7.87. The average molecular weight is 400 g/mol. The highest BCUT2D eigenvalue weighted by Crippen LogP contribution is 2.17. The van der Waals surface area contributed by atoms with Gasteiger partial charge in [0.05, 0.1) is 19.6 Å². The lowest BCUT2D eigenvalue weighted by Gasteiger charge is -2.17. The fourth-order valence-corrected chi connectivity index (χ4v) is 2.60. The zero-order chi connectivity index (χ0) is 21.4. The van der Waals surface area contributed by atoms with Crippen LogP contribution in [0.5, 0.6) is 0 Å². The van der Waals surface area contributed by atoms with Gasteiger partial charge in [-0.25, -0.2) is 4.39 Å². The molecular weight excluding hydrogens is 375 g/mol. The third kappa shape index (κ3) is 7.34. The Labute approximate surface area is 169 Å². The Morgan fingerprint density at radius 1 is 0.897 bits per heavy atom. The van der Waals surface area contributed by atoms with E-state index in [-0.39, 0.29) is 31.4 Å². The molecule has 29 heavy (non-hydrogen) atoms. The van der Waals surface area contributed by atoms with Crippen molar-refractivity contribution >= 4 is 29.1 Å². The molecule has 0 saturated carbocycles. The van der Waals surface area contributed by atoms with Crippen molar-refractivity contribution in [1.82, 2.24) is 10.2 Å². The number of halogens is 1. The van der Waals surface area contributed by atoms with Gasteiger partial charge in [0, 0.05) is 11.4 Å². The maximum absolute atomic E-state index is 12.8. The SMILES string of the molecule is Cc1cccc(NC(=O)CN(C)CC(=O)NCC(=O)Nc2ccc(F)cc2)c1C. The molecule has 0 bridgehead atoms. The molecule has 2 aromatic carbocycles. The summed E-state index contributed by atoms with van der Waals surface area (Å²) < 4.78 is 12.8. The van der Waals surface area contributed by atoms with Crippen LogP contribution in [0.25, 0.3) is 0 Å². The van der Waals surface area contributed by atoms with Gasteiger partial charge in [0.15, 0.2) is 0 Å². The summed E-state index contributed by atoms with van der Waals surface area (Å²) >= 11 is 0. The zero-order valence-electron chi connectivity index (χ0n) is 16.7. The Balaban J connectivity index is 1.72. The van der Waals surface area contributed by atoms with Crippen molar-refractivity contribution in [2.45, 2.75) is 13.8 Å². The van der Waals surface area contributed by atoms with Crippen molar-refractivity contribution in [3.05, 3.63) is 59.4 Å². The molecule has 7 nitrogen and oxygen atoms in total. The molecule has 0 radical (unpaired) electrons. The van der Waals surface area contributed by atoms with Gasteiger partial charge in [0.25, 0.3) is 0 Å². The number of nitrogens with zero attached hydrogens (tertiary/aromatic N) is 1. The zero-order valence-corrected chi connectivity index (χ0v) is 16.7. The quantitative estimate of drug-likeness (QED) is 0.633.